The fourth-order valence-electron chi connectivity index (χ4n) is 2.10. The van der Waals surface area contributed by atoms with Gasteiger partial charge in [-0.05, 0) is 43.0 Å². The zero-order valence-corrected chi connectivity index (χ0v) is 11.7. The third-order valence-corrected chi connectivity index (χ3v) is 3.44. The normalized spacial score (nSPS) is 11.9. The predicted octanol–water partition coefficient (Wildman–Crippen LogP) is 3.66. The number of ether oxygens (including phenoxy) is 1. The molecule has 0 aliphatic rings. The Kier molecular flexibility index (Phi) is 6.86. The summed E-state index contributed by atoms with van der Waals surface area (Å²) >= 11 is 0. The SMILES string of the molecule is CC[C@H](CC=O)CCCC(=O)c1ccc(OC)cc1. The zero-order valence-electron chi connectivity index (χ0n) is 11.7. The summed E-state index contributed by atoms with van der Waals surface area (Å²) in [6.45, 7) is 2.08. The predicted molar refractivity (Wildman–Crippen MR) is 75.6 cm³/mol. The molecule has 19 heavy (non-hydrogen) atoms. The van der Waals surface area contributed by atoms with Crippen LogP contribution in [0.25, 0.3) is 0 Å². The molecule has 0 unspecified atom stereocenters. The van der Waals surface area contributed by atoms with Gasteiger partial charge in [0.05, 0.1) is 7.11 Å². The topological polar surface area (TPSA) is 43.4 Å². The standard InChI is InChI=1S/C16H22O3/c1-3-13(11-12-17)5-4-6-16(18)14-7-9-15(19-2)10-8-14/h7-10,12-13H,3-6,11H2,1-2H3/t13-/m0/s1. The largest absolute Gasteiger partial charge is 0.497 e. The third kappa shape index (κ3) is 5.25. The molecule has 3 heteroatoms. The summed E-state index contributed by atoms with van der Waals surface area (Å²) in [5.74, 6) is 1.33. The van der Waals surface area contributed by atoms with Crippen LogP contribution < -0.4 is 4.74 Å². The Morgan fingerprint density at radius 2 is 2.00 bits per heavy atom. The fourth-order valence-corrected chi connectivity index (χ4v) is 2.10. The summed E-state index contributed by atoms with van der Waals surface area (Å²) in [6.07, 6.45) is 4.90. The first-order chi connectivity index (χ1) is 9.21. The Morgan fingerprint density at radius 3 is 2.53 bits per heavy atom. The molecular formula is C16H22O3. The van der Waals surface area contributed by atoms with E-state index < -0.39 is 0 Å². The highest BCUT2D eigenvalue weighted by Crippen LogP contribution is 2.18. The van der Waals surface area contributed by atoms with E-state index in [1.54, 1.807) is 31.4 Å². The first kappa shape index (κ1) is 15.4. The number of hydrogen-bond acceptors (Lipinski definition) is 3. The molecule has 104 valence electrons. The van der Waals surface area contributed by atoms with Crippen molar-refractivity contribution in [2.45, 2.75) is 39.0 Å². The number of hydrogen-bond donors (Lipinski definition) is 0. The number of aldehydes is 1. The lowest BCUT2D eigenvalue weighted by Crippen LogP contribution is -2.03. The molecule has 0 heterocycles. The maximum Gasteiger partial charge on any atom is 0.162 e. The lowest BCUT2D eigenvalue weighted by Gasteiger charge is -2.10. The summed E-state index contributed by atoms with van der Waals surface area (Å²) in [4.78, 5) is 22.4. The van der Waals surface area contributed by atoms with Crippen LogP contribution in [0.15, 0.2) is 24.3 Å². The molecule has 1 rings (SSSR count). The number of carbonyl (C=O) groups excluding carboxylic acids is 2. The first-order valence-electron chi connectivity index (χ1n) is 6.82. The van der Waals surface area contributed by atoms with Gasteiger partial charge in [-0.1, -0.05) is 13.3 Å². The van der Waals surface area contributed by atoms with Crippen LogP contribution in [0, 0.1) is 5.92 Å². The van der Waals surface area contributed by atoms with E-state index in [2.05, 4.69) is 6.92 Å². The zero-order chi connectivity index (χ0) is 14.1. The van der Waals surface area contributed by atoms with E-state index in [0.717, 1.165) is 36.9 Å². The van der Waals surface area contributed by atoms with Crippen molar-refractivity contribution < 1.29 is 14.3 Å². The molecule has 0 saturated heterocycles. The molecule has 0 aliphatic heterocycles. The van der Waals surface area contributed by atoms with Gasteiger partial charge in [-0.15, -0.1) is 0 Å². The highest BCUT2D eigenvalue weighted by molar-refractivity contribution is 5.96. The Hall–Kier alpha value is -1.64. The van der Waals surface area contributed by atoms with Gasteiger partial charge in [-0.25, -0.2) is 0 Å². The molecule has 1 aromatic rings. The minimum absolute atomic E-state index is 0.156. The molecular weight excluding hydrogens is 240 g/mol. The van der Waals surface area contributed by atoms with Crippen molar-refractivity contribution in [3.63, 3.8) is 0 Å². The van der Waals surface area contributed by atoms with Gasteiger partial charge in [0.2, 0.25) is 0 Å². The minimum Gasteiger partial charge on any atom is -0.497 e. The van der Waals surface area contributed by atoms with Crippen LogP contribution in [0.4, 0.5) is 0 Å². The molecule has 0 bridgehead atoms. The van der Waals surface area contributed by atoms with E-state index in [0.29, 0.717) is 18.8 Å². The van der Waals surface area contributed by atoms with Crippen LogP contribution in [-0.4, -0.2) is 19.2 Å². The van der Waals surface area contributed by atoms with E-state index in [9.17, 15) is 9.59 Å². The summed E-state index contributed by atoms with van der Waals surface area (Å²) in [6, 6.07) is 7.19. The molecule has 1 atom stereocenters. The molecule has 0 N–H and O–H groups in total. The molecule has 0 fully saturated rings. The fraction of sp³-hybridized carbons (Fsp3) is 0.500. The van der Waals surface area contributed by atoms with E-state index in [1.807, 2.05) is 0 Å². The van der Waals surface area contributed by atoms with Crippen molar-refractivity contribution in [3.05, 3.63) is 29.8 Å². The van der Waals surface area contributed by atoms with Gasteiger partial charge in [0.1, 0.15) is 12.0 Å². The second kappa shape index (κ2) is 8.46. The van der Waals surface area contributed by atoms with Gasteiger partial charge in [0.25, 0.3) is 0 Å². The van der Waals surface area contributed by atoms with Gasteiger partial charge < -0.3 is 9.53 Å². The van der Waals surface area contributed by atoms with Gasteiger partial charge in [-0.2, -0.15) is 0 Å². The van der Waals surface area contributed by atoms with Gasteiger partial charge in [0, 0.05) is 18.4 Å². The average molecular weight is 262 g/mol. The smallest absolute Gasteiger partial charge is 0.162 e. The van der Waals surface area contributed by atoms with Crippen LogP contribution in [0.1, 0.15) is 49.4 Å². The molecule has 0 radical (unpaired) electrons. The maximum absolute atomic E-state index is 12.0. The second-order valence-corrected chi connectivity index (χ2v) is 4.72. The van der Waals surface area contributed by atoms with Gasteiger partial charge in [-0.3, -0.25) is 4.79 Å². The molecule has 0 aliphatic carbocycles. The van der Waals surface area contributed by atoms with E-state index >= 15 is 0 Å². The number of methoxy groups -OCH3 is 1. The molecule has 0 spiro atoms. The highest BCUT2D eigenvalue weighted by Gasteiger charge is 2.09. The summed E-state index contributed by atoms with van der Waals surface area (Å²) in [5.41, 5.74) is 0.726. The Labute approximate surface area is 115 Å². The van der Waals surface area contributed by atoms with Crippen molar-refractivity contribution in [1.29, 1.82) is 0 Å². The van der Waals surface area contributed by atoms with Gasteiger partial charge in [0.15, 0.2) is 5.78 Å². The van der Waals surface area contributed by atoms with E-state index in [1.165, 1.54) is 0 Å². The van der Waals surface area contributed by atoms with Gasteiger partial charge >= 0.3 is 0 Å². The monoisotopic (exact) mass is 262 g/mol. The first-order valence-corrected chi connectivity index (χ1v) is 6.82. The minimum atomic E-state index is 0.156. The quantitative estimate of drug-likeness (QED) is 0.504. The van der Waals surface area contributed by atoms with E-state index in [-0.39, 0.29) is 5.78 Å². The average Bonchev–Trinajstić information content (AvgIpc) is 2.46. The number of Topliss-reactive ketones (excluding diaryl/α,β-unsaturated/α-hetero) is 1. The molecule has 3 nitrogen and oxygen atoms in total. The van der Waals surface area contributed by atoms with Crippen molar-refractivity contribution >= 4 is 12.1 Å². The van der Waals surface area contributed by atoms with Crippen LogP contribution >= 0.6 is 0 Å². The van der Waals surface area contributed by atoms with Crippen molar-refractivity contribution in [2.75, 3.05) is 7.11 Å². The van der Waals surface area contributed by atoms with Crippen LogP contribution in [-0.2, 0) is 4.79 Å². The molecule has 0 saturated carbocycles. The number of carbonyl (C=O) groups is 2. The lowest BCUT2D eigenvalue weighted by molar-refractivity contribution is -0.108. The van der Waals surface area contributed by atoms with Crippen molar-refractivity contribution in [2.24, 2.45) is 5.92 Å². The number of ketones is 1. The molecule has 0 aromatic heterocycles. The Morgan fingerprint density at radius 1 is 1.32 bits per heavy atom. The highest BCUT2D eigenvalue weighted by atomic mass is 16.5. The number of rotatable bonds is 9. The van der Waals surface area contributed by atoms with Crippen LogP contribution in [0.2, 0.25) is 0 Å². The summed E-state index contributed by atoms with van der Waals surface area (Å²) in [7, 11) is 1.61. The maximum atomic E-state index is 12.0. The second-order valence-electron chi connectivity index (χ2n) is 4.72. The molecule has 0 amide bonds. The summed E-state index contributed by atoms with van der Waals surface area (Å²) < 4.78 is 5.06. The molecule has 1 aromatic carbocycles. The van der Waals surface area contributed by atoms with E-state index in [4.69, 9.17) is 4.74 Å². The van der Waals surface area contributed by atoms with Crippen molar-refractivity contribution in [3.8, 4) is 5.75 Å². The Bertz CT molecular complexity index is 395. The third-order valence-electron chi connectivity index (χ3n) is 3.44. The number of benzene rings is 1. The Balaban J connectivity index is 2.39. The van der Waals surface area contributed by atoms with Crippen molar-refractivity contribution in [1.82, 2.24) is 0 Å². The summed E-state index contributed by atoms with van der Waals surface area (Å²) in [5, 5.41) is 0. The van der Waals surface area contributed by atoms with Crippen LogP contribution in [0.3, 0.4) is 0 Å². The van der Waals surface area contributed by atoms with Crippen LogP contribution in [0.5, 0.6) is 5.75 Å². The lowest BCUT2D eigenvalue weighted by atomic mass is 9.95.